The van der Waals surface area contributed by atoms with E-state index < -0.39 is 0 Å². The van der Waals surface area contributed by atoms with Crippen LogP contribution in [0, 0.1) is 5.92 Å². The summed E-state index contributed by atoms with van der Waals surface area (Å²) in [7, 11) is 1.66. The normalized spacial score (nSPS) is 18.6. The van der Waals surface area contributed by atoms with Gasteiger partial charge in [-0.2, -0.15) is 0 Å². The molecule has 1 aliphatic rings. The first-order valence-corrected chi connectivity index (χ1v) is 5.01. The van der Waals surface area contributed by atoms with Crippen LogP contribution in [0.2, 0.25) is 0 Å². The number of hydrogen-bond donors (Lipinski definition) is 1. The van der Waals surface area contributed by atoms with E-state index in [0.29, 0.717) is 18.9 Å². The molecule has 1 saturated carbocycles. The summed E-state index contributed by atoms with van der Waals surface area (Å²) in [5.74, 6) is 0.888. The van der Waals surface area contributed by atoms with E-state index in [1.54, 1.807) is 7.11 Å². The predicted molar refractivity (Wildman–Crippen MR) is 51.4 cm³/mol. The van der Waals surface area contributed by atoms with Gasteiger partial charge in [0.25, 0.3) is 0 Å². The molecule has 0 aromatic rings. The first-order chi connectivity index (χ1) is 6.24. The maximum atomic E-state index is 11.4. The summed E-state index contributed by atoms with van der Waals surface area (Å²) in [4.78, 5) is 11.4. The second-order valence-electron chi connectivity index (χ2n) is 3.86. The monoisotopic (exact) mass is 185 g/mol. The van der Waals surface area contributed by atoms with Gasteiger partial charge in [0.1, 0.15) is 5.78 Å². The Balaban J connectivity index is 2.05. The van der Waals surface area contributed by atoms with Gasteiger partial charge in [0, 0.05) is 20.1 Å². The molecule has 0 saturated heterocycles. The molecule has 2 N–H and O–H groups in total. The third-order valence-corrected chi connectivity index (χ3v) is 2.46. The van der Waals surface area contributed by atoms with Gasteiger partial charge in [-0.25, -0.2) is 0 Å². The van der Waals surface area contributed by atoms with E-state index in [2.05, 4.69) is 0 Å². The van der Waals surface area contributed by atoms with Gasteiger partial charge in [0.05, 0.1) is 6.04 Å². The van der Waals surface area contributed by atoms with Crippen LogP contribution in [0.25, 0.3) is 0 Å². The van der Waals surface area contributed by atoms with E-state index in [1.165, 1.54) is 12.8 Å². The SMILES string of the molecule is COCCCC(N)C(=O)CC1CC1. The van der Waals surface area contributed by atoms with Crippen molar-refractivity contribution in [3.05, 3.63) is 0 Å². The molecule has 0 aromatic heterocycles. The van der Waals surface area contributed by atoms with E-state index in [1.807, 2.05) is 0 Å². The molecule has 0 aliphatic heterocycles. The summed E-state index contributed by atoms with van der Waals surface area (Å²) < 4.78 is 4.90. The lowest BCUT2D eigenvalue weighted by atomic mass is 10.0. The molecule has 3 heteroatoms. The maximum absolute atomic E-state index is 11.4. The number of ketones is 1. The van der Waals surface area contributed by atoms with Crippen LogP contribution in [-0.2, 0) is 9.53 Å². The number of nitrogens with two attached hydrogens (primary N) is 1. The topological polar surface area (TPSA) is 52.3 Å². The van der Waals surface area contributed by atoms with Gasteiger partial charge in [-0.05, 0) is 31.6 Å². The average molecular weight is 185 g/mol. The zero-order valence-electron chi connectivity index (χ0n) is 8.29. The lowest BCUT2D eigenvalue weighted by molar-refractivity contribution is -0.120. The second kappa shape index (κ2) is 5.35. The van der Waals surface area contributed by atoms with Gasteiger partial charge in [-0.1, -0.05) is 0 Å². The number of Topliss-reactive ketones (excluding diaryl/α,β-unsaturated/α-hetero) is 1. The Bertz CT molecular complexity index is 166. The Labute approximate surface area is 79.6 Å². The molecular formula is C10H19NO2. The maximum Gasteiger partial charge on any atom is 0.149 e. The number of hydrogen-bond acceptors (Lipinski definition) is 3. The number of ether oxygens (including phenoxy) is 1. The van der Waals surface area contributed by atoms with Crippen LogP contribution < -0.4 is 5.73 Å². The molecule has 1 atom stereocenters. The summed E-state index contributed by atoms with van der Waals surface area (Å²) in [5.41, 5.74) is 5.73. The van der Waals surface area contributed by atoms with Gasteiger partial charge in [-0.15, -0.1) is 0 Å². The molecule has 0 spiro atoms. The van der Waals surface area contributed by atoms with E-state index in [-0.39, 0.29) is 11.8 Å². The smallest absolute Gasteiger partial charge is 0.149 e. The fourth-order valence-electron chi connectivity index (χ4n) is 1.37. The van der Waals surface area contributed by atoms with Gasteiger partial charge in [0.15, 0.2) is 0 Å². The quantitative estimate of drug-likeness (QED) is 0.604. The van der Waals surface area contributed by atoms with Crippen LogP contribution in [-0.4, -0.2) is 25.5 Å². The lowest BCUT2D eigenvalue weighted by Gasteiger charge is -2.09. The fraction of sp³-hybridized carbons (Fsp3) is 0.900. The Morgan fingerprint density at radius 1 is 1.62 bits per heavy atom. The highest BCUT2D eigenvalue weighted by atomic mass is 16.5. The zero-order chi connectivity index (χ0) is 9.68. The highest BCUT2D eigenvalue weighted by molar-refractivity contribution is 5.84. The Kier molecular flexibility index (Phi) is 4.39. The first-order valence-electron chi connectivity index (χ1n) is 5.01. The van der Waals surface area contributed by atoms with Crippen LogP contribution in [0.4, 0.5) is 0 Å². The van der Waals surface area contributed by atoms with Crippen molar-refractivity contribution in [1.29, 1.82) is 0 Å². The molecule has 3 nitrogen and oxygen atoms in total. The number of carbonyl (C=O) groups excluding carboxylic acids is 1. The first kappa shape index (κ1) is 10.7. The van der Waals surface area contributed by atoms with Crippen LogP contribution in [0.3, 0.4) is 0 Å². The highest BCUT2D eigenvalue weighted by Gasteiger charge is 2.26. The highest BCUT2D eigenvalue weighted by Crippen LogP contribution is 2.32. The summed E-state index contributed by atoms with van der Waals surface area (Å²) in [6.45, 7) is 0.699. The van der Waals surface area contributed by atoms with Crippen molar-refractivity contribution in [2.24, 2.45) is 11.7 Å². The molecule has 0 amide bonds. The molecule has 1 aliphatic carbocycles. The summed E-state index contributed by atoms with van der Waals surface area (Å²) in [6.07, 6.45) is 4.79. The molecule has 1 fully saturated rings. The largest absolute Gasteiger partial charge is 0.385 e. The minimum absolute atomic E-state index is 0.235. The minimum Gasteiger partial charge on any atom is -0.385 e. The van der Waals surface area contributed by atoms with Crippen LogP contribution in [0.5, 0.6) is 0 Å². The van der Waals surface area contributed by atoms with Crippen LogP contribution in [0.15, 0.2) is 0 Å². The molecule has 76 valence electrons. The van der Waals surface area contributed by atoms with Crippen LogP contribution in [0.1, 0.15) is 32.1 Å². The molecule has 0 bridgehead atoms. The second-order valence-corrected chi connectivity index (χ2v) is 3.86. The molecule has 13 heavy (non-hydrogen) atoms. The van der Waals surface area contributed by atoms with Crippen LogP contribution >= 0.6 is 0 Å². The predicted octanol–water partition coefficient (Wildman–Crippen LogP) is 1.11. The zero-order valence-corrected chi connectivity index (χ0v) is 8.29. The minimum atomic E-state index is -0.254. The molecular weight excluding hydrogens is 166 g/mol. The summed E-state index contributed by atoms with van der Waals surface area (Å²) in [6, 6.07) is -0.254. The molecule has 0 radical (unpaired) electrons. The van der Waals surface area contributed by atoms with E-state index >= 15 is 0 Å². The number of rotatable bonds is 7. The summed E-state index contributed by atoms with van der Waals surface area (Å²) in [5, 5.41) is 0. The van der Waals surface area contributed by atoms with Crippen molar-refractivity contribution in [2.75, 3.05) is 13.7 Å². The van der Waals surface area contributed by atoms with Crippen molar-refractivity contribution < 1.29 is 9.53 Å². The Morgan fingerprint density at radius 2 is 2.31 bits per heavy atom. The van der Waals surface area contributed by atoms with Crippen molar-refractivity contribution in [1.82, 2.24) is 0 Å². The van der Waals surface area contributed by atoms with Crippen molar-refractivity contribution >= 4 is 5.78 Å². The summed E-state index contributed by atoms with van der Waals surface area (Å²) >= 11 is 0. The average Bonchev–Trinajstić information content (AvgIpc) is 2.88. The molecule has 0 aromatic carbocycles. The van der Waals surface area contributed by atoms with E-state index in [0.717, 1.165) is 12.8 Å². The lowest BCUT2D eigenvalue weighted by Crippen LogP contribution is -2.30. The molecule has 0 heterocycles. The van der Waals surface area contributed by atoms with Crippen molar-refractivity contribution in [3.8, 4) is 0 Å². The Morgan fingerprint density at radius 3 is 2.85 bits per heavy atom. The Hall–Kier alpha value is -0.410. The fourth-order valence-corrected chi connectivity index (χ4v) is 1.37. The number of methoxy groups -OCH3 is 1. The van der Waals surface area contributed by atoms with Gasteiger partial charge >= 0.3 is 0 Å². The van der Waals surface area contributed by atoms with Crippen molar-refractivity contribution in [2.45, 2.75) is 38.1 Å². The standard InChI is InChI=1S/C10H19NO2/c1-13-6-2-3-9(11)10(12)7-8-4-5-8/h8-9H,2-7,11H2,1H3. The third kappa shape index (κ3) is 4.39. The number of carbonyl (C=O) groups is 1. The third-order valence-electron chi connectivity index (χ3n) is 2.46. The van der Waals surface area contributed by atoms with E-state index in [4.69, 9.17) is 10.5 Å². The van der Waals surface area contributed by atoms with Gasteiger partial charge in [-0.3, -0.25) is 4.79 Å². The molecule has 1 unspecified atom stereocenters. The van der Waals surface area contributed by atoms with E-state index in [9.17, 15) is 4.79 Å². The van der Waals surface area contributed by atoms with Gasteiger partial charge in [0.2, 0.25) is 0 Å². The molecule has 1 rings (SSSR count). The van der Waals surface area contributed by atoms with Crippen molar-refractivity contribution in [3.63, 3.8) is 0 Å². The van der Waals surface area contributed by atoms with Gasteiger partial charge < -0.3 is 10.5 Å².